The van der Waals surface area contributed by atoms with Gasteiger partial charge in [-0.2, -0.15) is 0 Å². The number of nitrogens with zero attached hydrogens (tertiary/aromatic N) is 3. The van der Waals surface area contributed by atoms with Crippen LogP contribution in [0.3, 0.4) is 0 Å². The number of urea groups is 1. The Morgan fingerprint density at radius 3 is 2.41 bits per heavy atom. The molecule has 2 amide bonds. The Hall–Kier alpha value is -2.57. The summed E-state index contributed by atoms with van der Waals surface area (Å²) in [6.45, 7) is 6.98. The van der Waals surface area contributed by atoms with Gasteiger partial charge in [0, 0.05) is 28.8 Å². The van der Waals surface area contributed by atoms with Crippen molar-refractivity contribution >= 4 is 45.8 Å². The van der Waals surface area contributed by atoms with Gasteiger partial charge in [0.2, 0.25) is 0 Å². The third-order valence-corrected chi connectivity index (χ3v) is 5.92. The van der Waals surface area contributed by atoms with Crippen LogP contribution in [0.2, 0.25) is 10.0 Å². The van der Waals surface area contributed by atoms with E-state index in [4.69, 9.17) is 28.2 Å². The molecule has 1 atom stereocenters. The molecular weight excluding hydrogens is 447 g/mol. The van der Waals surface area contributed by atoms with E-state index in [2.05, 4.69) is 12.2 Å². The molecule has 0 bridgehead atoms. The van der Waals surface area contributed by atoms with Gasteiger partial charge < -0.3 is 10.2 Å². The van der Waals surface area contributed by atoms with E-state index in [1.807, 2.05) is 13.8 Å². The summed E-state index contributed by atoms with van der Waals surface area (Å²) >= 11 is 12.1. The zero-order valence-corrected chi connectivity index (χ0v) is 20.1. The number of aromatic nitrogens is 2. The number of nitrogens with one attached hydrogen (secondary N) is 1. The molecule has 1 heterocycles. The first kappa shape index (κ1) is 24.1. The summed E-state index contributed by atoms with van der Waals surface area (Å²) in [6.07, 6.45) is 2.37. The summed E-state index contributed by atoms with van der Waals surface area (Å²) in [5.74, 6) is 0.567. The van der Waals surface area contributed by atoms with Gasteiger partial charge in [0.25, 0.3) is 5.56 Å². The standard InChI is InChI=1S/C24H28Cl2N4O2/c1-4-7-14-30(24(32)27-18-11-8-16(25)9-12-18)21(5-2)22-28-20-15-17(26)10-13-19(20)23(31)29(22)6-3/h8-13,15,21H,4-7,14H2,1-3H3,(H,27,32). The molecule has 0 fully saturated rings. The minimum absolute atomic E-state index is 0.129. The molecule has 0 aliphatic carbocycles. The normalized spacial score (nSPS) is 12.0. The van der Waals surface area contributed by atoms with E-state index in [1.54, 1.807) is 51.9 Å². The lowest BCUT2D eigenvalue weighted by atomic mass is 10.1. The molecule has 6 nitrogen and oxygen atoms in total. The molecule has 0 spiro atoms. The Morgan fingerprint density at radius 2 is 1.78 bits per heavy atom. The van der Waals surface area contributed by atoms with Gasteiger partial charge in [-0.1, -0.05) is 43.5 Å². The summed E-state index contributed by atoms with van der Waals surface area (Å²) in [7, 11) is 0. The molecular formula is C24H28Cl2N4O2. The summed E-state index contributed by atoms with van der Waals surface area (Å²) in [5, 5.41) is 4.58. The second-order valence-electron chi connectivity index (χ2n) is 7.59. The van der Waals surface area contributed by atoms with Crippen molar-refractivity contribution in [2.75, 3.05) is 11.9 Å². The minimum atomic E-state index is -0.370. The Balaban J connectivity index is 2.06. The average Bonchev–Trinajstić information content (AvgIpc) is 2.78. The minimum Gasteiger partial charge on any atom is -0.314 e. The van der Waals surface area contributed by atoms with E-state index < -0.39 is 0 Å². The molecule has 1 N–H and O–H groups in total. The Morgan fingerprint density at radius 1 is 1.09 bits per heavy atom. The number of rotatable bonds is 8. The van der Waals surface area contributed by atoms with Crippen molar-refractivity contribution in [3.8, 4) is 0 Å². The van der Waals surface area contributed by atoms with Crippen LogP contribution in [0, 0.1) is 0 Å². The number of amides is 2. The Labute approximate surface area is 198 Å². The van der Waals surface area contributed by atoms with Gasteiger partial charge >= 0.3 is 6.03 Å². The molecule has 1 unspecified atom stereocenters. The molecule has 0 saturated heterocycles. The van der Waals surface area contributed by atoms with Crippen LogP contribution >= 0.6 is 23.2 Å². The first-order valence-corrected chi connectivity index (χ1v) is 11.7. The summed E-state index contributed by atoms with van der Waals surface area (Å²) < 4.78 is 1.65. The fourth-order valence-corrected chi connectivity index (χ4v) is 4.06. The third-order valence-electron chi connectivity index (χ3n) is 5.43. The summed E-state index contributed by atoms with van der Waals surface area (Å²) in [6, 6.07) is 11.5. The molecule has 2 aromatic carbocycles. The van der Waals surface area contributed by atoms with Gasteiger partial charge in [-0.15, -0.1) is 0 Å². The molecule has 170 valence electrons. The highest BCUT2D eigenvalue weighted by Crippen LogP contribution is 2.26. The first-order valence-electron chi connectivity index (χ1n) is 10.9. The predicted molar refractivity (Wildman–Crippen MR) is 132 cm³/mol. The number of anilines is 1. The maximum Gasteiger partial charge on any atom is 0.322 e. The highest BCUT2D eigenvalue weighted by atomic mass is 35.5. The van der Waals surface area contributed by atoms with Gasteiger partial charge in [0.05, 0.1) is 16.9 Å². The van der Waals surface area contributed by atoms with Crippen molar-refractivity contribution in [2.45, 2.75) is 52.6 Å². The third kappa shape index (κ3) is 5.25. The molecule has 32 heavy (non-hydrogen) atoms. The van der Waals surface area contributed by atoms with Crippen molar-refractivity contribution in [3.63, 3.8) is 0 Å². The van der Waals surface area contributed by atoms with Crippen LogP contribution in [0.1, 0.15) is 51.9 Å². The van der Waals surface area contributed by atoms with Gasteiger partial charge in [-0.3, -0.25) is 9.36 Å². The fourth-order valence-electron chi connectivity index (χ4n) is 3.77. The Bertz CT molecular complexity index is 1150. The van der Waals surface area contributed by atoms with Crippen LogP contribution in [0.4, 0.5) is 10.5 Å². The van der Waals surface area contributed by atoms with Crippen LogP contribution < -0.4 is 10.9 Å². The second kappa shape index (κ2) is 10.8. The average molecular weight is 475 g/mol. The SMILES string of the molecule is CCCCN(C(=O)Nc1ccc(Cl)cc1)C(CC)c1nc2cc(Cl)ccc2c(=O)n1CC. The predicted octanol–water partition coefficient (Wildman–Crippen LogP) is 6.51. The van der Waals surface area contributed by atoms with Crippen LogP contribution in [-0.4, -0.2) is 27.0 Å². The van der Waals surface area contributed by atoms with Crippen molar-refractivity contribution in [3.05, 3.63) is 68.7 Å². The number of carbonyl (C=O) groups excluding carboxylic acids is 1. The van der Waals surface area contributed by atoms with E-state index in [9.17, 15) is 9.59 Å². The molecule has 0 saturated carbocycles. The quantitative estimate of drug-likeness (QED) is 0.404. The first-order chi connectivity index (χ1) is 15.4. The number of unbranched alkanes of at least 4 members (excludes halogenated alkanes) is 1. The van der Waals surface area contributed by atoms with Gasteiger partial charge in [-0.25, -0.2) is 9.78 Å². The number of halogens is 2. The van der Waals surface area contributed by atoms with E-state index in [0.717, 1.165) is 12.8 Å². The lowest BCUT2D eigenvalue weighted by Gasteiger charge is -2.32. The van der Waals surface area contributed by atoms with Gasteiger partial charge in [0.15, 0.2) is 0 Å². The van der Waals surface area contributed by atoms with Crippen molar-refractivity contribution in [1.29, 1.82) is 0 Å². The molecule has 0 aliphatic rings. The van der Waals surface area contributed by atoms with Crippen LogP contribution in [0.5, 0.6) is 0 Å². The van der Waals surface area contributed by atoms with E-state index in [1.165, 1.54) is 0 Å². The molecule has 0 aliphatic heterocycles. The summed E-state index contributed by atoms with van der Waals surface area (Å²) in [4.78, 5) is 33.1. The molecule has 8 heteroatoms. The summed E-state index contributed by atoms with van der Waals surface area (Å²) in [5.41, 5.74) is 1.06. The number of hydrogen-bond acceptors (Lipinski definition) is 3. The molecule has 3 rings (SSSR count). The number of fused-ring (bicyclic) bond motifs is 1. The topological polar surface area (TPSA) is 67.2 Å². The van der Waals surface area contributed by atoms with Crippen LogP contribution in [-0.2, 0) is 6.54 Å². The van der Waals surface area contributed by atoms with Gasteiger partial charge in [0.1, 0.15) is 5.82 Å². The van der Waals surface area contributed by atoms with Crippen LogP contribution in [0.25, 0.3) is 10.9 Å². The van der Waals surface area contributed by atoms with E-state index in [0.29, 0.717) is 52.0 Å². The maximum absolute atomic E-state index is 13.3. The highest BCUT2D eigenvalue weighted by Gasteiger charge is 2.28. The lowest BCUT2D eigenvalue weighted by Crippen LogP contribution is -2.41. The maximum atomic E-state index is 13.3. The zero-order chi connectivity index (χ0) is 23.3. The van der Waals surface area contributed by atoms with Crippen LogP contribution in [0.15, 0.2) is 47.3 Å². The zero-order valence-electron chi connectivity index (χ0n) is 18.6. The fraction of sp³-hybridized carbons (Fsp3) is 0.375. The van der Waals surface area contributed by atoms with Gasteiger partial charge in [-0.05, 0) is 62.2 Å². The Kier molecular flexibility index (Phi) is 8.15. The number of carbonyl (C=O) groups is 1. The smallest absolute Gasteiger partial charge is 0.314 e. The monoisotopic (exact) mass is 474 g/mol. The van der Waals surface area contributed by atoms with Crippen molar-refractivity contribution in [2.24, 2.45) is 0 Å². The largest absolute Gasteiger partial charge is 0.322 e. The van der Waals surface area contributed by atoms with E-state index >= 15 is 0 Å². The second-order valence-corrected chi connectivity index (χ2v) is 8.46. The molecule has 3 aromatic rings. The van der Waals surface area contributed by atoms with E-state index in [-0.39, 0.29) is 17.6 Å². The molecule has 1 aromatic heterocycles. The lowest BCUT2D eigenvalue weighted by molar-refractivity contribution is 0.178. The van der Waals surface area contributed by atoms with Crippen molar-refractivity contribution in [1.82, 2.24) is 14.5 Å². The van der Waals surface area contributed by atoms with Crippen molar-refractivity contribution < 1.29 is 4.79 Å². The molecule has 0 radical (unpaired) electrons. The number of hydrogen-bond donors (Lipinski definition) is 1. The number of benzene rings is 2. The highest BCUT2D eigenvalue weighted by molar-refractivity contribution is 6.31.